The third-order valence-corrected chi connectivity index (χ3v) is 2.61. The molecule has 0 radical (unpaired) electrons. The van der Waals surface area contributed by atoms with E-state index >= 15 is 0 Å². The minimum Gasteiger partial charge on any atom is -0.372 e. The molecule has 70 valence electrons. The van der Waals surface area contributed by atoms with E-state index < -0.39 is 0 Å². The predicted molar refractivity (Wildman–Crippen MR) is 52.2 cm³/mol. The first-order valence-corrected chi connectivity index (χ1v) is 4.76. The highest BCUT2D eigenvalue weighted by molar-refractivity contribution is 5.34. The second kappa shape index (κ2) is 3.48. The number of ether oxygens (including phenoxy) is 1. The van der Waals surface area contributed by atoms with Crippen LogP contribution in [0.3, 0.4) is 0 Å². The highest BCUT2D eigenvalue weighted by Gasteiger charge is 2.12. The maximum Gasteiger partial charge on any atom is 0.0725 e. The van der Waals surface area contributed by atoms with Gasteiger partial charge < -0.3 is 10.5 Å². The van der Waals surface area contributed by atoms with Crippen LogP contribution >= 0.6 is 0 Å². The molecule has 0 saturated heterocycles. The van der Waals surface area contributed by atoms with Gasteiger partial charge in [-0.1, -0.05) is 25.1 Å². The maximum atomic E-state index is 5.95. The van der Waals surface area contributed by atoms with Gasteiger partial charge >= 0.3 is 0 Å². The Labute approximate surface area is 78.7 Å². The molecule has 1 aliphatic rings. The van der Waals surface area contributed by atoms with Gasteiger partial charge in [0.2, 0.25) is 0 Å². The minimum absolute atomic E-state index is 0.172. The van der Waals surface area contributed by atoms with Crippen LogP contribution in [0.5, 0.6) is 0 Å². The molecular weight excluding hydrogens is 162 g/mol. The molecule has 13 heavy (non-hydrogen) atoms. The molecule has 0 saturated carbocycles. The number of rotatable bonds is 2. The van der Waals surface area contributed by atoms with Crippen LogP contribution in [0.1, 0.15) is 36.1 Å². The van der Waals surface area contributed by atoms with Crippen LogP contribution in [-0.4, -0.2) is 0 Å². The standard InChI is InChI=1S/C11H15NO/c1-2-11(12)8-3-4-9-6-13-7-10(9)5-8/h3-5,11H,2,6-7,12H2,1H3/t11-/m0/s1. The molecule has 2 rings (SSSR count). The molecule has 0 unspecified atom stereocenters. The van der Waals surface area contributed by atoms with Gasteiger partial charge in [-0.25, -0.2) is 0 Å². The van der Waals surface area contributed by atoms with Crippen LogP contribution in [0, 0.1) is 0 Å². The van der Waals surface area contributed by atoms with E-state index in [1.807, 2.05) is 0 Å². The number of hydrogen-bond donors (Lipinski definition) is 1. The zero-order valence-corrected chi connectivity index (χ0v) is 7.92. The molecule has 1 heterocycles. The lowest BCUT2D eigenvalue weighted by atomic mass is 10.0. The molecular formula is C11H15NO. The van der Waals surface area contributed by atoms with Gasteiger partial charge in [-0.15, -0.1) is 0 Å². The van der Waals surface area contributed by atoms with E-state index in [9.17, 15) is 0 Å². The van der Waals surface area contributed by atoms with E-state index in [1.54, 1.807) is 0 Å². The van der Waals surface area contributed by atoms with Crippen LogP contribution in [0.15, 0.2) is 18.2 Å². The first kappa shape index (κ1) is 8.73. The monoisotopic (exact) mass is 177 g/mol. The Balaban J connectivity index is 2.30. The van der Waals surface area contributed by atoms with Crippen molar-refractivity contribution in [2.24, 2.45) is 5.73 Å². The Kier molecular flexibility index (Phi) is 2.34. The smallest absolute Gasteiger partial charge is 0.0725 e. The number of hydrogen-bond acceptors (Lipinski definition) is 2. The minimum atomic E-state index is 0.172. The Morgan fingerprint density at radius 1 is 1.38 bits per heavy atom. The van der Waals surface area contributed by atoms with Gasteiger partial charge in [-0.05, 0) is 23.1 Å². The van der Waals surface area contributed by atoms with Gasteiger partial charge in [0.05, 0.1) is 13.2 Å². The van der Waals surface area contributed by atoms with E-state index in [0.717, 1.165) is 19.6 Å². The first-order valence-electron chi connectivity index (χ1n) is 4.76. The maximum absolute atomic E-state index is 5.95. The molecule has 1 aromatic carbocycles. The summed E-state index contributed by atoms with van der Waals surface area (Å²) in [7, 11) is 0. The van der Waals surface area contributed by atoms with Gasteiger partial charge in [0.15, 0.2) is 0 Å². The molecule has 0 spiro atoms. The Morgan fingerprint density at radius 2 is 2.15 bits per heavy atom. The normalized spacial score (nSPS) is 17.1. The van der Waals surface area contributed by atoms with Crippen LogP contribution in [-0.2, 0) is 18.0 Å². The average Bonchev–Trinajstić information content (AvgIpc) is 2.63. The third-order valence-electron chi connectivity index (χ3n) is 2.61. The summed E-state index contributed by atoms with van der Waals surface area (Å²) in [5.74, 6) is 0. The predicted octanol–water partition coefficient (Wildman–Crippen LogP) is 2.13. The van der Waals surface area contributed by atoms with Crippen LogP contribution in [0.4, 0.5) is 0 Å². The van der Waals surface area contributed by atoms with Crippen LogP contribution in [0.25, 0.3) is 0 Å². The molecule has 0 aliphatic carbocycles. The Hall–Kier alpha value is -0.860. The number of nitrogens with two attached hydrogens (primary N) is 1. The van der Waals surface area contributed by atoms with Gasteiger partial charge in [-0.2, -0.15) is 0 Å². The summed E-state index contributed by atoms with van der Waals surface area (Å²) >= 11 is 0. The largest absolute Gasteiger partial charge is 0.372 e. The number of benzene rings is 1. The first-order chi connectivity index (χ1) is 6.31. The lowest BCUT2D eigenvalue weighted by Gasteiger charge is -2.10. The van der Waals surface area contributed by atoms with Gasteiger partial charge in [0, 0.05) is 6.04 Å². The molecule has 2 N–H and O–H groups in total. The van der Waals surface area contributed by atoms with Crippen molar-refractivity contribution in [2.75, 3.05) is 0 Å². The van der Waals surface area contributed by atoms with Crippen molar-refractivity contribution in [1.82, 2.24) is 0 Å². The van der Waals surface area contributed by atoms with Crippen molar-refractivity contribution < 1.29 is 4.74 Å². The molecule has 2 nitrogen and oxygen atoms in total. The quantitative estimate of drug-likeness (QED) is 0.751. The summed E-state index contributed by atoms with van der Waals surface area (Å²) in [5, 5.41) is 0. The van der Waals surface area contributed by atoms with E-state index in [2.05, 4.69) is 25.1 Å². The molecule has 0 bridgehead atoms. The zero-order chi connectivity index (χ0) is 9.26. The van der Waals surface area contributed by atoms with Gasteiger partial charge in [0.25, 0.3) is 0 Å². The van der Waals surface area contributed by atoms with Crippen molar-refractivity contribution in [2.45, 2.75) is 32.6 Å². The second-order valence-electron chi connectivity index (χ2n) is 3.54. The van der Waals surface area contributed by atoms with Crippen LogP contribution < -0.4 is 5.73 Å². The zero-order valence-electron chi connectivity index (χ0n) is 7.92. The van der Waals surface area contributed by atoms with Gasteiger partial charge in [0.1, 0.15) is 0 Å². The van der Waals surface area contributed by atoms with E-state index in [4.69, 9.17) is 10.5 Å². The molecule has 0 fully saturated rings. The van der Waals surface area contributed by atoms with E-state index in [0.29, 0.717) is 0 Å². The second-order valence-corrected chi connectivity index (χ2v) is 3.54. The average molecular weight is 177 g/mol. The highest BCUT2D eigenvalue weighted by atomic mass is 16.5. The molecule has 1 atom stereocenters. The van der Waals surface area contributed by atoms with Crippen molar-refractivity contribution in [3.05, 3.63) is 34.9 Å². The molecule has 0 amide bonds. The highest BCUT2D eigenvalue weighted by Crippen LogP contribution is 2.23. The summed E-state index contributed by atoms with van der Waals surface area (Å²) in [5.41, 5.74) is 9.79. The fraction of sp³-hybridized carbons (Fsp3) is 0.455. The van der Waals surface area contributed by atoms with Crippen molar-refractivity contribution in [3.63, 3.8) is 0 Å². The van der Waals surface area contributed by atoms with Crippen molar-refractivity contribution >= 4 is 0 Å². The fourth-order valence-corrected chi connectivity index (χ4v) is 1.66. The van der Waals surface area contributed by atoms with Crippen molar-refractivity contribution in [1.29, 1.82) is 0 Å². The van der Waals surface area contributed by atoms with Crippen LogP contribution in [0.2, 0.25) is 0 Å². The Morgan fingerprint density at radius 3 is 2.92 bits per heavy atom. The number of fused-ring (bicyclic) bond motifs is 1. The van der Waals surface area contributed by atoms with Gasteiger partial charge in [-0.3, -0.25) is 0 Å². The van der Waals surface area contributed by atoms with E-state index in [1.165, 1.54) is 16.7 Å². The summed E-state index contributed by atoms with van der Waals surface area (Å²) in [6.07, 6.45) is 0.986. The topological polar surface area (TPSA) is 35.2 Å². The molecule has 1 aliphatic heterocycles. The molecule has 2 heteroatoms. The fourth-order valence-electron chi connectivity index (χ4n) is 1.66. The Bertz CT molecular complexity index is 309. The van der Waals surface area contributed by atoms with Crippen molar-refractivity contribution in [3.8, 4) is 0 Å². The third kappa shape index (κ3) is 1.60. The lowest BCUT2D eigenvalue weighted by molar-refractivity contribution is 0.134. The lowest BCUT2D eigenvalue weighted by Crippen LogP contribution is -2.08. The molecule has 0 aromatic heterocycles. The summed E-state index contributed by atoms with van der Waals surface area (Å²) < 4.78 is 5.34. The molecule has 1 aromatic rings. The SMILES string of the molecule is CC[C@H](N)c1ccc2c(c1)COC2. The summed E-state index contributed by atoms with van der Waals surface area (Å²) in [6, 6.07) is 6.59. The summed E-state index contributed by atoms with van der Waals surface area (Å²) in [6.45, 7) is 3.62. The van der Waals surface area contributed by atoms with E-state index in [-0.39, 0.29) is 6.04 Å². The summed E-state index contributed by atoms with van der Waals surface area (Å²) in [4.78, 5) is 0.